The van der Waals surface area contributed by atoms with Gasteiger partial charge in [-0.1, -0.05) is 19.3 Å². The summed E-state index contributed by atoms with van der Waals surface area (Å²) in [5.74, 6) is 0.695. The average Bonchev–Trinajstić information content (AvgIpc) is 2.69. The summed E-state index contributed by atoms with van der Waals surface area (Å²) in [5, 5.41) is 0. The predicted molar refractivity (Wildman–Crippen MR) is 62.1 cm³/mol. The van der Waals surface area contributed by atoms with Crippen LogP contribution in [-0.2, 0) is 14.3 Å². The lowest BCUT2D eigenvalue weighted by Gasteiger charge is -2.06. The van der Waals surface area contributed by atoms with E-state index in [-0.39, 0.29) is 5.97 Å². The van der Waals surface area contributed by atoms with Gasteiger partial charge in [-0.25, -0.2) is 0 Å². The maximum atomic E-state index is 11.4. The van der Waals surface area contributed by atoms with E-state index in [2.05, 4.69) is 4.74 Å². The van der Waals surface area contributed by atoms with Crippen LogP contribution in [0.3, 0.4) is 0 Å². The summed E-state index contributed by atoms with van der Waals surface area (Å²) < 4.78 is 4.57. The van der Waals surface area contributed by atoms with Gasteiger partial charge in [-0.05, 0) is 25.7 Å². The number of esters is 1. The number of carbonyl (C=O) groups is 2. The van der Waals surface area contributed by atoms with Crippen molar-refractivity contribution in [1.82, 2.24) is 0 Å². The van der Waals surface area contributed by atoms with Crippen LogP contribution in [0.5, 0.6) is 0 Å². The summed E-state index contributed by atoms with van der Waals surface area (Å²) in [6, 6.07) is 0. The highest BCUT2D eigenvalue weighted by Crippen LogP contribution is 2.26. The van der Waals surface area contributed by atoms with E-state index < -0.39 is 0 Å². The van der Waals surface area contributed by atoms with Crippen molar-refractivity contribution in [2.75, 3.05) is 7.11 Å². The highest BCUT2D eigenvalue weighted by atomic mass is 16.5. The van der Waals surface area contributed by atoms with E-state index in [1.165, 1.54) is 7.11 Å². The summed E-state index contributed by atoms with van der Waals surface area (Å²) >= 11 is 0. The normalized spacial score (nSPS) is 20.1. The van der Waals surface area contributed by atoms with Gasteiger partial charge in [0.05, 0.1) is 7.11 Å². The molecular formula is C13H22O3. The van der Waals surface area contributed by atoms with Gasteiger partial charge in [0, 0.05) is 18.8 Å². The second-order valence-corrected chi connectivity index (χ2v) is 4.58. The van der Waals surface area contributed by atoms with Crippen LogP contribution in [0.1, 0.15) is 57.8 Å². The van der Waals surface area contributed by atoms with E-state index in [0.717, 1.165) is 51.4 Å². The number of hydrogen-bond donors (Lipinski definition) is 0. The Hall–Kier alpha value is -0.860. The monoisotopic (exact) mass is 226 g/mol. The maximum Gasteiger partial charge on any atom is 0.305 e. The Balaban J connectivity index is 1.92. The van der Waals surface area contributed by atoms with Crippen molar-refractivity contribution in [1.29, 1.82) is 0 Å². The van der Waals surface area contributed by atoms with Gasteiger partial charge < -0.3 is 4.74 Å². The van der Waals surface area contributed by atoms with Crippen molar-refractivity contribution in [2.45, 2.75) is 57.8 Å². The second-order valence-electron chi connectivity index (χ2n) is 4.58. The highest BCUT2D eigenvalue weighted by Gasteiger charge is 2.23. The van der Waals surface area contributed by atoms with Crippen molar-refractivity contribution in [2.24, 2.45) is 5.92 Å². The Labute approximate surface area is 97.5 Å². The van der Waals surface area contributed by atoms with Gasteiger partial charge >= 0.3 is 5.97 Å². The average molecular weight is 226 g/mol. The van der Waals surface area contributed by atoms with Crippen LogP contribution >= 0.6 is 0 Å². The third-order valence-electron chi connectivity index (χ3n) is 3.34. The fraction of sp³-hybridized carbons (Fsp3) is 0.846. The van der Waals surface area contributed by atoms with Gasteiger partial charge in [0.15, 0.2) is 0 Å². The van der Waals surface area contributed by atoms with Crippen LogP contribution in [0.4, 0.5) is 0 Å². The number of ketones is 1. The first-order chi connectivity index (χ1) is 7.74. The number of carbonyl (C=O) groups excluding carboxylic acids is 2. The standard InChI is InChI=1S/C13H22O3/c1-16-13(15)10-5-3-2-4-7-11-8-6-9-12(11)14/h11H,2-10H2,1H3/t11-/m0/s1. The van der Waals surface area contributed by atoms with E-state index in [4.69, 9.17) is 0 Å². The molecule has 0 amide bonds. The summed E-state index contributed by atoms with van der Waals surface area (Å²) in [6.07, 6.45) is 8.79. The molecule has 0 radical (unpaired) electrons. The molecule has 92 valence electrons. The third kappa shape index (κ3) is 4.77. The number of Topliss-reactive ketones (excluding diaryl/α,β-unsaturated/α-hetero) is 1. The number of unbranched alkanes of at least 4 members (excludes halogenated alkanes) is 3. The maximum absolute atomic E-state index is 11.4. The van der Waals surface area contributed by atoms with Gasteiger partial charge in [0.1, 0.15) is 5.78 Å². The quantitative estimate of drug-likeness (QED) is 0.495. The fourth-order valence-corrected chi connectivity index (χ4v) is 2.31. The van der Waals surface area contributed by atoms with Crippen molar-refractivity contribution in [3.8, 4) is 0 Å². The molecule has 1 atom stereocenters. The van der Waals surface area contributed by atoms with Crippen LogP contribution in [0.25, 0.3) is 0 Å². The molecule has 1 saturated carbocycles. The summed E-state index contributed by atoms with van der Waals surface area (Å²) in [7, 11) is 1.42. The Morgan fingerprint density at radius 1 is 1.31 bits per heavy atom. The summed E-state index contributed by atoms with van der Waals surface area (Å²) in [5.41, 5.74) is 0. The topological polar surface area (TPSA) is 43.4 Å². The molecular weight excluding hydrogens is 204 g/mol. The number of rotatable bonds is 7. The Bertz CT molecular complexity index is 235. The Morgan fingerprint density at radius 2 is 2.06 bits per heavy atom. The van der Waals surface area contributed by atoms with Gasteiger partial charge in [-0.15, -0.1) is 0 Å². The molecule has 0 bridgehead atoms. The minimum atomic E-state index is -0.119. The van der Waals surface area contributed by atoms with E-state index >= 15 is 0 Å². The van der Waals surface area contributed by atoms with Crippen molar-refractivity contribution < 1.29 is 14.3 Å². The fourth-order valence-electron chi connectivity index (χ4n) is 2.31. The Kier molecular flexibility index (Phi) is 6.12. The molecule has 1 fully saturated rings. The Morgan fingerprint density at radius 3 is 2.69 bits per heavy atom. The van der Waals surface area contributed by atoms with Gasteiger partial charge in [-0.2, -0.15) is 0 Å². The van der Waals surface area contributed by atoms with Crippen molar-refractivity contribution in [3.05, 3.63) is 0 Å². The largest absolute Gasteiger partial charge is 0.469 e. The lowest BCUT2D eigenvalue weighted by Crippen LogP contribution is -2.05. The molecule has 0 spiro atoms. The smallest absolute Gasteiger partial charge is 0.305 e. The summed E-state index contributed by atoms with van der Waals surface area (Å²) in [4.78, 5) is 22.2. The number of hydrogen-bond acceptors (Lipinski definition) is 3. The zero-order valence-electron chi connectivity index (χ0n) is 10.2. The van der Waals surface area contributed by atoms with Gasteiger partial charge in [0.25, 0.3) is 0 Å². The minimum Gasteiger partial charge on any atom is -0.469 e. The van der Waals surface area contributed by atoms with E-state index in [9.17, 15) is 9.59 Å². The van der Waals surface area contributed by atoms with E-state index in [1.807, 2.05) is 0 Å². The molecule has 16 heavy (non-hydrogen) atoms. The lowest BCUT2D eigenvalue weighted by atomic mass is 9.98. The molecule has 0 aromatic rings. The molecule has 0 aromatic carbocycles. The molecule has 0 heterocycles. The van der Waals surface area contributed by atoms with Crippen LogP contribution in [0.15, 0.2) is 0 Å². The van der Waals surface area contributed by atoms with Crippen molar-refractivity contribution in [3.63, 3.8) is 0 Å². The predicted octanol–water partition coefficient (Wildman–Crippen LogP) is 2.87. The molecule has 0 unspecified atom stereocenters. The van der Waals surface area contributed by atoms with E-state index in [1.54, 1.807) is 0 Å². The zero-order valence-corrected chi connectivity index (χ0v) is 10.2. The van der Waals surface area contributed by atoms with Crippen molar-refractivity contribution >= 4 is 11.8 Å². The van der Waals surface area contributed by atoms with Crippen LogP contribution in [-0.4, -0.2) is 18.9 Å². The van der Waals surface area contributed by atoms with Crippen LogP contribution in [0, 0.1) is 5.92 Å². The molecule has 0 N–H and O–H groups in total. The SMILES string of the molecule is COC(=O)CCCCCC[C@H]1CCCC1=O. The zero-order chi connectivity index (χ0) is 11.8. The van der Waals surface area contributed by atoms with Crippen LogP contribution in [0.2, 0.25) is 0 Å². The second kappa shape index (κ2) is 7.42. The first-order valence-electron chi connectivity index (χ1n) is 6.33. The summed E-state index contributed by atoms with van der Waals surface area (Å²) in [6.45, 7) is 0. The number of ether oxygens (including phenoxy) is 1. The third-order valence-corrected chi connectivity index (χ3v) is 3.34. The highest BCUT2D eigenvalue weighted by molar-refractivity contribution is 5.82. The molecule has 1 aliphatic carbocycles. The first kappa shape index (κ1) is 13.2. The lowest BCUT2D eigenvalue weighted by molar-refractivity contribution is -0.140. The molecule has 3 nitrogen and oxygen atoms in total. The minimum absolute atomic E-state index is 0.119. The molecule has 0 saturated heterocycles. The van der Waals surface area contributed by atoms with Gasteiger partial charge in [-0.3, -0.25) is 9.59 Å². The first-order valence-corrected chi connectivity index (χ1v) is 6.33. The van der Waals surface area contributed by atoms with E-state index in [0.29, 0.717) is 18.1 Å². The number of methoxy groups -OCH3 is 1. The molecule has 0 aliphatic heterocycles. The molecule has 0 aromatic heterocycles. The molecule has 3 heteroatoms. The molecule has 1 aliphatic rings. The van der Waals surface area contributed by atoms with Gasteiger partial charge in [0.2, 0.25) is 0 Å². The molecule has 1 rings (SSSR count). The van der Waals surface area contributed by atoms with Crippen LogP contribution < -0.4 is 0 Å².